The molecular weight excluding hydrogens is 692 g/mol. The largest absolute Gasteiger partial charge is 0.452 e. The Morgan fingerprint density at radius 3 is 2.38 bits per heavy atom. The van der Waals surface area contributed by atoms with Crippen molar-refractivity contribution in [2.45, 2.75) is 20.8 Å². The second-order valence-corrected chi connectivity index (χ2v) is 8.33. The maximum absolute atomic E-state index is 11.1. The molecule has 2 aliphatic heterocycles. The third-order valence-electron chi connectivity index (χ3n) is 5.21. The molecule has 0 atom stereocenters. The molecule has 2 aliphatic rings. The molecule has 0 amide bonds. The van der Waals surface area contributed by atoms with Gasteiger partial charge in [-0.15, -0.1) is 24.9 Å². The third-order valence-corrected chi connectivity index (χ3v) is 5.21. The topological polar surface area (TPSA) is 198 Å². The monoisotopic (exact) mass is 717 g/mol. The normalized spacial score (nSPS) is 12.4. The van der Waals surface area contributed by atoms with Gasteiger partial charge < -0.3 is 40.0 Å². The predicted molar refractivity (Wildman–Crippen MR) is 152 cm³/mol. The van der Waals surface area contributed by atoms with E-state index in [-0.39, 0.29) is 76.7 Å². The first-order valence-electron chi connectivity index (χ1n) is 11.7. The number of nitrogens with one attached hydrogen (secondary N) is 6. The Hall–Kier alpha value is -3.58. The summed E-state index contributed by atoms with van der Waals surface area (Å²) >= 11 is 0. The zero-order valence-electron chi connectivity index (χ0n) is 23.0. The average Bonchev–Trinajstić information content (AvgIpc) is 3.66. The fraction of sp³-hybridized carbons (Fsp3) is 0.115. The molecule has 2 radical (unpaired) electrons. The second-order valence-electron chi connectivity index (χ2n) is 8.33. The van der Waals surface area contributed by atoms with Crippen molar-refractivity contribution >= 4 is 46.2 Å². The molecule has 0 fully saturated rings. The summed E-state index contributed by atoms with van der Waals surface area (Å²) in [5, 5.41) is 7.06. The van der Waals surface area contributed by atoms with E-state index in [1.54, 1.807) is 12.5 Å². The molecule has 6 N–H and O–H groups in total. The first-order valence-corrected chi connectivity index (χ1v) is 11.7. The molecule has 5 aromatic heterocycles. The van der Waals surface area contributed by atoms with Gasteiger partial charge in [0.2, 0.25) is 5.71 Å². The van der Waals surface area contributed by atoms with Crippen molar-refractivity contribution in [3.8, 4) is 0 Å². The van der Waals surface area contributed by atoms with E-state index in [0.29, 0.717) is 28.4 Å². The van der Waals surface area contributed by atoms with Gasteiger partial charge in [0.25, 0.3) is 5.56 Å². The number of imidazole rings is 1. The molecule has 0 unspecified atom stereocenters. The minimum absolute atomic E-state index is 0. The Balaban J connectivity index is 0.000000194. The van der Waals surface area contributed by atoms with E-state index in [2.05, 4.69) is 81.2 Å². The van der Waals surface area contributed by atoms with E-state index in [1.807, 2.05) is 33.0 Å². The van der Waals surface area contributed by atoms with Gasteiger partial charge >= 0.3 is 5.69 Å². The zero-order chi connectivity index (χ0) is 28.6. The van der Waals surface area contributed by atoms with Crippen molar-refractivity contribution in [1.82, 2.24) is 45.5 Å². The van der Waals surface area contributed by atoms with Crippen molar-refractivity contribution < 1.29 is 69.8 Å². The standard InChI is InChI=1S/C7H7N3O.C7H6N2O2.C6H5N4.C6H7N2.2Y/c1-4-2-8-6-5(4)7(11)10-3-9-6;1-4-2-5-3-8-7(10)9-6(5)11-4;1-4-5-6(9-2-7-4)10-3-8-5;1-5-3-7-6(2)8-4-5;;/h2-3H,1H3,(H2,8,9,10,11);2-3H,1H3,(H,8,9,10);3H,1H2,(H,7,9)(H,8,10);3,7H,2H2,1H3;;/q;;2*-1;;. The third kappa shape index (κ3) is 9.21. The first kappa shape index (κ1) is 34.6. The molecule has 0 saturated carbocycles. The molecule has 0 saturated heterocycles. The number of aliphatic imine (C=N–C) groups is 2. The van der Waals surface area contributed by atoms with Crippen LogP contribution in [-0.4, -0.2) is 47.4 Å². The van der Waals surface area contributed by atoms with Crippen molar-refractivity contribution in [3.05, 3.63) is 99.7 Å². The molecular formula is C26H25N11O3Y2-2. The zero-order valence-corrected chi connectivity index (χ0v) is 28.7. The van der Waals surface area contributed by atoms with Crippen molar-refractivity contribution in [2.75, 3.05) is 0 Å². The van der Waals surface area contributed by atoms with Crippen LogP contribution in [0.4, 0.5) is 5.82 Å². The molecule has 5 aromatic rings. The van der Waals surface area contributed by atoms with Crippen LogP contribution in [0.2, 0.25) is 0 Å². The van der Waals surface area contributed by atoms with Gasteiger partial charge in [0.15, 0.2) is 0 Å². The summed E-state index contributed by atoms with van der Waals surface area (Å²) < 4.78 is 5.15. The summed E-state index contributed by atoms with van der Waals surface area (Å²) in [5.41, 5.74) is 4.17. The van der Waals surface area contributed by atoms with Crippen LogP contribution in [0.1, 0.15) is 23.9 Å². The van der Waals surface area contributed by atoms with Crippen LogP contribution in [0.15, 0.2) is 85.9 Å². The Bertz CT molecular complexity index is 1890. The number of hydrogen-bond acceptors (Lipinski definition) is 10. The molecule has 0 aliphatic carbocycles. The van der Waals surface area contributed by atoms with E-state index in [1.165, 1.54) is 12.5 Å². The minimum Gasteiger partial charge on any atom is -0.452 e. The number of nitrogens with zero attached hydrogens (tertiary/aromatic N) is 5. The second kappa shape index (κ2) is 16.2. The quantitative estimate of drug-likeness (QED) is 0.132. The van der Waals surface area contributed by atoms with Crippen molar-refractivity contribution in [1.29, 1.82) is 0 Å². The Kier molecular flexibility index (Phi) is 13.3. The van der Waals surface area contributed by atoms with Crippen molar-refractivity contribution in [3.63, 3.8) is 0 Å². The van der Waals surface area contributed by atoms with Crippen molar-refractivity contribution in [2.24, 2.45) is 9.98 Å². The fourth-order valence-corrected chi connectivity index (χ4v) is 3.33. The summed E-state index contributed by atoms with van der Waals surface area (Å²) in [6, 6.07) is 1.82. The number of aryl methyl sites for hydroxylation is 2. The Morgan fingerprint density at radius 2 is 1.71 bits per heavy atom. The molecule has 16 heteroatoms. The first-order chi connectivity index (χ1) is 19.2. The molecule has 7 heterocycles. The number of rotatable bonds is 0. The minimum atomic E-state index is -0.383. The number of allylic oxidation sites excluding steroid dienone is 1. The maximum Gasteiger partial charge on any atom is 0.347 e. The summed E-state index contributed by atoms with van der Waals surface area (Å²) in [7, 11) is 0. The van der Waals surface area contributed by atoms with E-state index < -0.39 is 0 Å². The van der Waals surface area contributed by atoms with Gasteiger partial charge in [0, 0.05) is 90.0 Å². The van der Waals surface area contributed by atoms with Crippen LogP contribution in [-0.2, 0) is 65.4 Å². The van der Waals surface area contributed by atoms with Gasteiger partial charge in [0.05, 0.1) is 29.2 Å². The van der Waals surface area contributed by atoms with E-state index in [4.69, 9.17) is 4.42 Å². The van der Waals surface area contributed by atoms with Gasteiger partial charge in [-0.05, 0) is 31.2 Å². The van der Waals surface area contributed by atoms with Gasteiger partial charge in [-0.25, -0.2) is 14.8 Å². The molecule has 210 valence electrons. The molecule has 42 heavy (non-hydrogen) atoms. The maximum atomic E-state index is 11.1. The Morgan fingerprint density at radius 1 is 0.952 bits per heavy atom. The molecule has 0 bridgehead atoms. The SMILES string of the molecule is C=C1N=[C-]C(C)=CN1.C=C1N[C-]=Nc2nc[nH]c21.Cc1c[nH]c2nc[nH]c(=O)c12.Cc1cc2cnc(=O)[nH]c2o1.[Y].[Y]. The average molecular weight is 717 g/mol. The van der Waals surface area contributed by atoms with Crippen LogP contribution >= 0.6 is 0 Å². The van der Waals surface area contributed by atoms with Gasteiger partial charge in [-0.3, -0.25) is 14.8 Å². The smallest absolute Gasteiger partial charge is 0.347 e. The number of fused-ring (bicyclic) bond motifs is 3. The van der Waals surface area contributed by atoms with Gasteiger partial charge in [0.1, 0.15) is 11.4 Å². The van der Waals surface area contributed by atoms with E-state index >= 15 is 0 Å². The summed E-state index contributed by atoms with van der Waals surface area (Å²) in [6.45, 7) is 12.9. The van der Waals surface area contributed by atoms with Crippen LogP contribution in [0.25, 0.3) is 27.8 Å². The Labute approximate surface area is 289 Å². The van der Waals surface area contributed by atoms with Crippen LogP contribution < -0.4 is 21.9 Å². The molecule has 0 spiro atoms. The van der Waals surface area contributed by atoms with Crippen LogP contribution in [0.5, 0.6) is 0 Å². The molecule has 7 rings (SSSR count). The van der Waals surface area contributed by atoms with Gasteiger partial charge in [-0.1, -0.05) is 18.8 Å². The van der Waals surface area contributed by atoms with E-state index in [0.717, 1.165) is 33.7 Å². The predicted octanol–water partition coefficient (Wildman–Crippen LogP) is 2.81. The van der Waals surface area contributed by atoms with Crippen LogP contribution in [0, 0.1) is 13.8 Å². The molecule has 0 aromatic carbocycles. The number of hydrogen-bond donors (Lipinski definition) is 6. The summed E-state index contributed by atoms with van der Waals surface area (Å²) in [5.74, 6) is 2.06. The molecule has 14 nitrogen and oxygen atoms in total. The fourth-order valence-electron chi connectivity index (χ4n) is 3.33. The van der Waals surface area contributed by atoms with Crippen LogP contribution in [0.3, 0.4) is 0 Å². The number of H-pyrrole nitrogens is 4. The number of aromatic amines is 4. The summed E-state index contributed by atoms with van der Waals surface area (Å²) in [4.78, 5) is 51.6. The number of furan rings is 1. The number of aromatic nitrogens is 7. The van der Waals surface area contributed by atoms with E-state index in [9.17, 15) is 9.59 Å². The summed E-state index contributed by atoms with van der Waals surface area (Å²) in [6.07, 6.45) is 13.4. The van der Waals surface area contributed by atoms with Gasteiger partial charge in [-0.2, -0.15) is 0 Å².